The molecule has 0 aliphatic rings. The van der Waals surface area contributed by atoms with Gasteiger partial charge in [-0.25, -0.2) is 0 Å². The van der Waals surface area contributed by atoms with Crippen LogP contribution in [0.3, 0.4) is 0 Å². The van der Waals surface area contributed by atoms with Crippen LogP contribution in [-0.2, 0) is 17.0 Å². The Bertz CT molecular complexity index is 917. The number of rotatable bonds is 8. The molecule has 3 rings (SSSR count). The minimum atomic E-state index is 0.684. The van der Waals surface area contributed by atoms with E-state index in [1.165, 1.54) is 11.3 Å². The highest BCUT2D eigenvalue weighted by Gasteiger charge is 2.08. The molecule has 27 heavy (non-hydrogen) atoms. The largest absolute Gasteiger partial charge is 0.383 e. The Kier molecular flexibility index (Phi) is 6.71. The van der Waals surface area contributed by atoms with Crippen molar-refractivity contribution in [2.75, 3.05) is 13.7 Å². The minimum absolute atomic E-state index is 0.684. The summed E-state index contributed by atoms with van der Waals surface area (Å²) in [7, 11) is 1.71. The lowest BCUT2D eigenvalue weighted by Crippen LogP contribution is -2.07. The maximum Gasteiger partial charge on any atom is 0.212 e. The number of nitrogens with zero attached hydrogens (tertiary/aromatic N) is 5. The summed E-state index contributed by atoms with van der Waals surface area (Å²) in [6, 6.07) is 9.92. The first-order chi connectivity index (χ1) is 13.1. The summed E-state index contributed by atoms with van der Waals surface area (Å²) >= 11 is 7.51. The summed E-state index contributed by atoms with van der Waals surface area (Å²) < 4.78 is 9.11. The van der Waals surface area contributed by atoms with Gasteiger partial charge in [0.2, 0.25) is 5.16 Å². The van der Waals surface area contributed by atoms with Gasteiger partial charge in [0.05, 0.1) is 12.8 Å². The smallest absolute Gasteiger partial charge is 0.212 e. The van der Waals surface area contributed by atoms with Crippen molar-refractivity contribution in [3.8, 4) is 0 Å². The molecule has 8 heteroatoms. The summed E-state index contributed by atoms with van der Waals surface area (Å²) in [6.07, 6.45) is 3.46. The molecule has 1 aromatic carbocycles. The molecule has 0 aliphatic carbocycles. The van der Waals surface area contributed by atoms with Crippen molar-refractivity contribution in [1.29, 1.82) is 0 Å². The Morgan fingerprint density at radius 3 is 2.78 bits per heavy atom. The number of hydrogen-bond donors (Lipinski definition) is 0. The second-order valence-corrected chi connectivity index (χ2v) is 7.47. The van der Waals surface area contributed by atoms with Crippen LogP contribution in [0.4, 0.5) is 0 Å². The average Bonchev–Trinajstić information content (AvgIpc) is 3.22. The Morgan fingerprint density at radius 2 is 2.04 bits per heavy atom. The van der Waals surface area contributed by atoms with Crippen LogP contribution in [0.15, 0.2) is 46.9 Å². The van der Waals surface area contributed by atoms with E-state index in [4.69, 9.17) is 16.3 Å². The van der Waals surface area contributed by atoms with Gasteiger partial charge in [0, 0.05) is 41.4 Å². The first-order valence-corrected chi connectivity index (χ1v) is 9.92. The van der Waals surface area contributed by atoms with Crippen molar-refractivity contribution < 1.29 is 4.74 Å². The molecule has 0 bridgehead atoms. The van der Waals surface area contributed by atoms with Crippen LogP contribution in [-0.4, -0.2) is 39.4 Å². The molecule has 142 valence electrons. The number of aryl methyl sites for hydroxylation is 1. The average molecular weight is 404 g/mol. The fraction of sp³-hybridized carbons (Fsp3) is 0.316. The van der Waals surface area contributed by atoms with E-state index in [9.17, 15) is 0 Å². The van der Waals surface area contributed by atoms with Crippen LogP contribution in [0.1, 0.15) is 22.5 Å². The lowest BCUT2D eigenvalue weighted by Gasteiger charge is -2.08. The van der Waals surface area contributed by atoms with Crippen molar-refractivity contribution in [3.05, 3.63) is 64.2 Å². The molecule has 0 spiro atoms. The van der Waals surface area contributed by atoms with Gasteiger partial charge in [0.1, 0.15) is 6.33 Å². The third kappa shape index (κ3) is 5.00. The van der Waals surface area contributed by atoms with Crippen molar-refractivity contribution in [2.24, 2.45) is 5.10 Å². The highest BCUT2D eigenvalue weighted by atomic mass is 35.5. The molecular weight excluding hydrogens is 382 g/mol. The molecule has 0 amide bonds. The van der Waals surface area contributed by atoms with Crippen LogP contribution >= 0.6 is 23.4 Å². The molecule has 0 atom stereocenters. The fourth-order valence-electron chi connectivity index (χ4n) is 2.73. The number of methoxy groups -OCH3 is 1. The third-order valence-electron chi connectivity index (χ3n) is 4.23. The van der Waals surface area contributed by atoms with Crippen LogP contribution in [0.25, 0.3) is 0 Å². The molecule has 0 unspecified atom stereocenters. The maximum absolute atomic E-state index is 5.93. The molecule has 0 saturated heterocycles. The Labute approximate surface area is 168 Å². The molecule has 0 saturated carbocycles. The number of aromatic nitrogens is 4. The summed E-state index contributed by atoms with van der Waals surface area (Å²) in [5.74, 6) is 0.775. The lowest BCUT2D eigenvalue weighted by atomic mass is 10.2. The van der Waals surface area contributed by atoms with Crippen LogP contribution in [0.5, 0.6) is 0 Å². The zero-order valence-corrected chi connectivity index (χ0v) is 17.2. The fourth-order valence-corrected chi connectivity index (χ4v) is 3.68. The first-order valence-electron chi connectivity index (χ1n) is 8.55. The van der Waals surface area contributed by atoms with Gasteiger partial charge in [-0.15, -0.1) is 10.2 Å². The Morgan fingerprint density at radius 1 is 1.26 bits per heavy atom. The van der Waals surface area contributed by atoms with E-state index in [-0.39, 0.29) is 0 Å². The number of halogens is 1. The maximum atomic E-state index is 5.93. The summed E-state index contributed by atoms with van der Waals surface area (Å²) in [5.41, 5.74) is 4.60. The van der Waals surface area contributed by atoms with E-state index < -0.39 is 0 Å². The summed E-state index contributed by atoms with van der Waals surface area (Å²) in [5, 5.41) is 14.2. The van der Waals surface area contributed by atoms with E-state index in [1.54, 1.807) is 29.9 Å². The van der Waals surface area contributed by atoms with Gasteiger partial charge in [-0.1, -0.05) is 35.5 Å². The zero-order chi connectivity index (χ0) is 19.2. The zero-order valence-electron chi connectivity index (χ0n) is 15.6. The number of ether oxygens (including phenoxy) is 1. The summed E-state index contributed by atoms with van der Waals surface area (Å²) in [6.45, 7) is 5.69. The van der Waals surface area contributed by atoms with E-state index in [2.05, 4.69) is 39.8 Å². The van der Waals surface area contributed by atoms with E-state index in [0.29, 0.717) is 6.61 Å². The molecule has 2 heterocycles. The molecule has 0 radical (unpaired) electrons. The third-order valence-corrected chi connectivity index (χ3v) is 5.49. The predicted octanol–water partition coefficient (Wildman–Crippen LogP) is 4.17. The summed E-state index contributed by atoms with van der Waals surface area (Å²) in [4.78, 5) is 0. The Hall–Kier alpha value is -2.09. The van der Waals surface area contributed by atoms with Gasteiger partial charge < -0.3 is 9.30 Å². The minimum Gasteiger partial charge on any atom is -0.383 e. The molecular formula is C19H22ClN5OS. The van der Waals surface area contributed by atoms with Crippen molar-refractivity contribution in [2.45, 2.75) is 31.3 Å². The quantitative estimate of drug-likeness (QED) is 0.418. The first kappa shape index (κ1) is 19.7. The standard InChI is InChI=1S/C19H22ClN5OS/c1-14-10-17(15(2)24(14)8-9-26-3)11-22-25-13-21-23-19(25)27-12-16-4-6-18(20)7-5-16/h4-7,10-11,13H,8-9,12H2,1-3H3/b22-11-. The second kappa shape index (κ2) is 9.21. The van der Waals surface area contributed by atoms with E-state index in [1.807, 2.05) is 30.5 Å². The Balaban J connectivity index is 1.70. The lowest BCUT2D eigenvalue weighted by molar-refractivity contribution is 0.186. The van der Waals surface area contributed by atoms with Crippen molar-refractivity contribution >= 4 is 29.6 Å². The number of benzene rings is 1. The molecule has 2 aromatic heterocycles. The second-order valence-electron chi connectivity index (χ2n) is 6.09. The highest BCUT2D eigenvalue weighted by Crippen LogP contribution is 2.22. The van der Waals surface area contributed by atoms with Crippen LogP contribution in [0, 0.1) is 13.8 Å². The monoisotopic (exact) mass is 403 g/mol. The molecule has 3 aromatic rings. The van der Waals surface area contributed by atoms with E-state index >= 15 is 0 Å². The number of thioether (sulfide) groups is 1. The van der Waals surface area contributed by atoms with Crippen molar-refractivity contribution in [3.63, 3.8) is 0 Å². The highest BCUT2D eigenvalue weighted by molar-refractivity contribution is 7.98. The predicted molar refractivity (Wildman–Crippen MR) is 110 cm³/mol. The number of hydrogen-bond acceptors (Lipinski definition) is 5. The van der Waals surface area contributed by atoms with Gasteiger partial charge in [0.15, 0.2) is 0 Å². The molecule has 0 fully saturated rings. The SMILES string of the molecule is COCCn1c(C)cc(/C=N\n2cnnc2SCc2ccc(Cl)cc2)c1C. The van der Waals surface area contributed by atoms with Crippen molar-refractivity contribution in [1.82, 2.24) is 19.4 Å². The van der Waals surface area contributed by atoms with Gasteiger partial charge in [0.25, 0.3) is 0 Å². The van der Waals surface area contributed by atoms with Gasteiger partial charge in [-0.2, -0.15) is 9.78 Å². The van der Waals surface area contributed by atoms with E-state index in [0.717, 1.165) is 33.7 Å². The van der Waals surface area contributed by atoms with Gasteiger partial charge in [-0.3, -0.25) is 0 Å². The molecule has 0 N–H and O–H groups in total. The van der Waals surface area contributed by atoms with Crippen LogP contribution in [0.2, 0.25) is 5.02 Å². The normalized spacial score (nSPS) is 11.6. The van der Waals surface area contributed by atoms with Gasteiger partial charge in [-0.05, 0) is 37.6 Å². The van der Waals surface area contributed by atoms with Gasteiger partial charge >= 0.3 is 0 Å². The van der Waals surface area contributed by atoms with Crippen LogP contribution < -0.4 is 0 Å². The topological polar surface area (TPSA) is 57.2 Å². The molecule has 6 nitrogen and oxygen atoms in total. The molecule has 0 aliphatic heterocycles.